The molecule has 2 fully saturated rings. The smallest absolute Gasteiger partial charge is 0.282 e. The molecule has 26 heavy (non-hydrogen) atoms. The molecular weight excluding hydrogens is 354 g/mol. The lowest BCUT2D eigenvalue weighted by molar-refractivity contribution is -0.0456. The van der Waals surface area contributed by atoms with Crippen molar-refractivity contribution in [2.75, 3.05) is 26.2 Å². The van der Waals surface area contributed by atoms with Crippen molar-refractivity contribution in [2.45, 2.75) is 44.8 Å². The predicted octanol–water partition coefficient (Wildman–Crippen LogP) is 2.36. The number of oxazole rings is 1. The first-order chi connectivity index (χ1) is 12.4. The Bertz CT molecular complexity index is 838. The molecule has 0 aliphatic carbocycles. The van der Waals surface area contributed by atoms with Crippen LogP contribution in [0.5, 0.6) is 0 Å². The third kappa shape index (κ3) is 3.38. The zero-order chi connectivity index (χ0) is 18.3. The average Bonchev–Trinajstić information content (AvgIpc) is 3.05. The molecule has 2 aliphatic rings. The summed E-state index contributed by atoms with van der Waals surface area (Å²) in [4.78, 5) is 4.57. The maximum atomic E-state index is 13.1. The van der Waals surface area contributed by atoms with Gasteiger partial charge in [-0.15, -0.1) is 0 Å². The van der Waals surface area contributed by atoms with Crippen LogP contribution in [0.15, 0.2) is 28.7 Å². The first-order valence-electron chi connectivity index (χ1n) is 9.19. The van der Waals surface area contributed by atoms with Crippen LogP contribution in [0.3, 0.4) is 0 Å². The van der Waals surface area contributed by atoms with Gasteiger partial charge < -0.3 is 9.15 Å². The van der Waals surface area contributed by atoms with Gasteiger partial charge in [-0.1, -0.05) is 12.1 Å². The van der Waals surface area contributed by atoms with Crippen molar-refractivity contribution in [3.8, 4) is 0 Å². The molecule has 2 aromatic rings. The number of benzene rings is 1. The van der Waals surface area contributed by atoms with Crippen LogP contribution in [0.25, 0.3) is 11.1 Å². The predicted molar refractivity (Wildman–Crippen MR) is 98.1 cm³/mol. The van der Waals surface area contributed by atoms with E-state index in [1.54, 1.807) is 8.61 Å². The number of piperidine rings is 1. The Morgan fingerprint density at radius 3 is 2.54 bits per heavy atom. The highest BCUT2D eigenvalue weighted by atomic mass is 32.2. The first kappa shape index (κ1) is 17.9. The van der Waals surface area contributed by atoms with Gasteiger partial charge in [-0.2, -0.15) is 17.0 Å². The summed E-state index contributed by atoms with van der Waals surface area (Å²) in [5.41, 5.74) is 1.57. The van der Waals surface area contributed by atoms with E-state index < -0.39 is 10.2 Å². The maximum Gasteiger partial charge on any atom is 0.282 e. The van der Waals surface area contributed by atoms with E-state index in [1.165, 1.54) is 0 Å². The summed E-state index contributed by atoms with van der Waals surface area (Å²) in [5, 5.41) is 0. The van der Waals surface area contributed by atoms with Gasteiger partial charge in [0.15, 0.2) is 11.5 Å². The summed E-state index contributed by atoms with van der Waals surface area (Å²) in [6.45, 7) is 5.58. The third-order valence-corrected chi connectivity index (χ3v) is 7.02. The quantitative estimate of drug-likeness (QED) is 0.818. The van der Waals surface area contributed by atoms with E-state index in [-0.39, 0.29) is 18.1 Å². The summed E-state index contributed by atoms with van der Waals surface area (Å²) in [5.74, 6) is 0.622. The Morgan fingerprint density at radius 1 is 1.08 bits per heavy atom. The molecule has 0 spiro atoms. The fourth-order valence-corrected chi connectivity index (χ4v) is 5.75. The SMILES string of the molecule is C[C@@H]1CN(S(=O)(=O)N2CCC[C@@H](c3nc4ccccc4o3)C2)C[C@@H](C)O1. The molecule has 0 bridgehead atoms. The van der Waals surface area contributed by atoms with E-state index >= 15 is 0 Å². The van der Waals surface area contributed by atoms with Crippen LogP contribution in [0.4, 0.5) is 0 Å². The molecule has 8 heteroatoms. The number of nitrogens with zero attached hydrogens (tertiary/aromatic N) is 3. The van der Waals surface area contributed by atoms with E-state index in [0.29, 0.717) is 32.1 Å². The van der Waals surface area contributed by atoms with Crippen LogP contribution >= 0.6 is 0 Å². The molecule has 3 atom stereocenters. The molecule has 0 saturated carbocycles. The summed E-state index contributed by atoms with van der Waals surface area (Å²) in [7, 11) is -3.50. The topological polar surface area (TPSA) is 75.9 Å². The Hall–Kier alpha value is -1.48. The minimum absolute atomic E-state index is 0.0122. The van der Waals surface area contributed by atoms with Crippen molar-refractivity contribution in [3.05, 3.63) is 30.2 Å². The first-order valence-corrected chi connectivity index (χ1v) is 10.6. The normalized spacial score (nSPS) is 29.2. The van der Waals surface area contributed by atoms with Gasteiger partial charge in [0.1, 0.15) is 5.52 Å². The van der Waals surface area contributed by atoms with Gasteiger partial charge in [0.2, 0.25) is 0 Å². The highest BCUT2D eigenvalue weighted by molar-refractivity contribution is 7.86. The van der Waals surface area contributed by atoms with E-state index in [4.69, 9.17) is 9.15 Å². The molecule has 0 unspecified atom stereocenters. The highest BCUT2D eigenvalue weighted by Gasteiger charge is 2.38. The van der Waals surface area contributed by atoms with Crippen molar-refractivity contribution in [3.63, 3.8) is 0 Å². The molecule has 2 aliphatic heterocycles. The summed E-state index contributed by atoms with van der Waals surface area (Å²) < 4.78 is 40.9. The molecule has 0 amide bonds. The lowest BCUT2D eigenvalue weighted by Crippen LogP contribution is -2.54. The Morgan fingerprint density at radius 2 is 1.81 bits per heavy atom. The van der Waals surface area contributed by atoms with Crippen LogP contribution < -0.4 is 0 Å². The fraction of sp³-hybridized carbons (Fsp3) is 0.611. The minimum Gasteiger partial charge on any atom is -0.440 e. The van der Waals surface area contributed by atoms with Gasteiger partial charge in [0, 0.05) is 32.1 Å². The monoisotopic (exact) mass is 379 g/mol. The second-order valence-electron chi connectivity index (χ2n) is 7.30. The number of aromatic nitrogens is 1. The van der Waals surface area contributed by atoms with E-state index in [1.807, 2.05) is 38.1 Å². The van der Waals surface area contributed by atoms with Crippen molar-refractivity contribution >= 4 is 21.3 Å². The Labute approximate surface area is 154 Å². The summed E-state index contributed by atoms with van der Waals surface area (Å²) >= 11 is 0. The third-order valence-electron chi connectivity index (χ3n) is 5.08. The number of morpholine rings is 1. The van der Waals surface area contributed by atoms with Gasteiger partial charge >= 0.3 is 0 Å². The maximum absolute atomic E-state index is 13.1. The molecule has 2 saturated heterocycles. The van der Waals surface area contributed by atoms with Gasteiger partial charge in [0.25, 0.3) is 10.2 Å². The molecule has 0 N–H and O–H groups in total. The van der Waals surface area contributed by atoms with E-state index in [9.17, 15) is 8.42 Å². The fourth-order valence-electron chi connectivity index (χ4n) is 3.90. The molecular formula is C18H25N3O4S. The average molecular weight is 379 g/mol. The number of hydrogen-bond acceptors (Lipinski definition) is 5. The second kappa shape index (κ2) is 6.92. The number of rotatable bonds is 3. The van der Waals surface area contributed by atoms with Crippen LogP contribution in [0, 0.1) is 0 Å². The molecule has 1 aromatic carbocycles. The van der Waals surface area contributed by atoms with Crippen molar-refractivity contribution in [1.82, 2.24) is 13.6 Å². The van der Waals surface area contributed by atoms with Crippen molar-refractivity contribution in [2.24, 2.45) is 0 Å². The van der Waals surface area contributed by atoms with Crippen molar-refractivity contribution in [1.29, 1.82) is 0 Å². The minimum atomic E-state index is -3.50. The molecule has 4 rings (SSSR count). The standard InChI is InChI=1S/C18H25N3O4S/c1-13-10-21(11-14(2)24-13)26(22,23)20-9-5-6-15(12-20)18-19-16-7-3-4-8-17(16)25-18/h3-4,7-8,13-15H,5-6,9-12H2,1-2H3/t13-,14-,15-/m1/s1. The highest BCUT2D eigenvalue weighted by Crippen LogP contribution is 2.31. The lowest BCUT2D eigenvalue weighted by Gasteiger charge is -2.39. The van der Waals surface area contributed by atoms with Gasteiger partial charge in [-0.3, -0.25) is 0 Å². The van der Waals surface area contributed by atoms with Gasteiger partial charge in [0.05, 0.1) is 12.2 Å². The number of fused-ring (bicyclic) bond motifs is 1. The summed E-state index contributed by atoms with van der Waals surface area (Å²) in [6.07, 6.45) is 1.50. The van der Waals surface area contributed by atoms with Crippen LogP contribution in [0.1, 0.15) is 38.5 Å². The second-order valence-corrected chi connectivity index (χ2v) is 9.23. The molecule has 7 nitrogen and oxygen atoms in total. The lowest BCUT2D eigenvalue weighted by atomic mass is 10.00. The number of hydrogen-bond donors (Lipinski definition) is 0. The van der Waals surface area contributed by atoms with Crippen LogP contribution in [0.2, 0.25) is 0 Å². The molecule has 0 radical (unpaired) electrons. The molecule has 3 heterocycles. The van der Waals surface area contributed by atoms with Crippen LogP contribution in [-0.2, 0) is 14.9 Å². The Kier molecular flexibility index (Phi) is 4.77. The molecule has 142 valence electrons. The summed E-state index contributed by atoms with van der Waals surface area (Å²) in [6, 6.07) is 7.64. The van der Waals surface area contributed by atoms with Gasteiger partial charge in [-0.05, 0) is 38.8 Å². The zero-order valence-corrected chi connectivity index (χ0v) is 16.0. The molecule has 1 aromatic heterocycles. The largest absolute Gasteiger partial charge is 0.440 e. The number of para-hydroxylation sites is 2. The zero-order valence-electron chi connectivity index (χ0n) is 15.2. The number of ether oxygens (including phenoxy) is 1. The van der Waals surface area contributed by atoms with E-state index in [2.05, 4.69) is 4.98 Å². The van der Waals surface area contributed by atoms with Gasteiger partial charge in [-0.25, -0.2) is 4.98 Å². The van der Waals surface area contributed by atoms with E-state index in [0.717, 1.165) is 23.9 Å². The van der Waals surface area contributed by atoms with Crippen molar-refractivity contribution < 1.29 is 17.6 Å². The van der Waals surface area contributed by atoms with Crippen LogP contribution in [-0.4, -0.2) is 60.4 Å². The Balaban J connectivity index is 1.54.